The Morgan fingerprint density at radius 2 is 2.00 bits per heavy atom. The minimum absolute atomic E-state index is 0.202. The third-order valence-electron chi connectivity index (χ3n) is 2.85. The molecule has 0 saturated carbocycles. The summed E-state index contributed by atoms with van der Waals surface area (Å²) in [5, 5.41) is 2.81. The van der Waals surface area contributed by atoms with Crippen molar-refractivity contribution in [3.8, 4) is 0 Å². The molecule has 0 unspecified atom stereocenters. The SMILES string of the molecule is CCOC(=O)c1[nH]n(Cc2ccccc2)c(=O)c1C. The number of aromatic amines is 1. The average Bonchev–Trinajstić information content (AvgIpc) is 2.69. The van der Waals surface area contributed by atoms with E-state index in [9.17, 15) is 9.59 Å². The molecule has 2 aromatic rings. The number of nitrogens with one attached hydrogen (secondary N) is 1. The number of carbonyl (C=O) groups excluding carboxylic acids is 1. The largest absolute Gasteiger partial charge is 0.461 e. The van der Waals surface area contributed by atoms with E-state index in [4.69, 9.17) is 4.74 Å². The maximum atomic E-state index is 12.0. The molecule has 0 aliphatic carbocycles. The van der Waals surface area contributed by atoms with E-state index in [0.29, 0.717) is 12.1 Å². The first-order valence-corrected chi connectivity index (χ1v) is 6.14. The van der Waals surface area contributed by atoms with Crippen LogP contribution in [0, 0.1) is 6.92 Å². The van der Waals surface area contributed by atoms with Gasteiger partial charge in [-0.25, -0.2) is 9.48 Å². The maximum absolute atomic E-state index is 12.0. The second-order valence-corrected chi connectivity index (χ2v) is 4.21. The third kappa shape index (κ3) is 2.76. The monoisotopic (exact) mass is 260 g/mol. The summed E-state index contributed by atoms with van der Waals surface area (Å²) in [5.74, 6) is -0.496. The summed E-state index contributed by atoms with van der Waals surface area (Å²) >= 11 is 0. The van der Waals surface area contributed by atoms with E-state index in [1.54, 1.807) is 13.8 Å². The van der Waals surface area contributed by atoms with Crippen molar-refractivity contribution in [1.29, 1.82) is 0 Å². The van der Waals surface area contributed by atoms with Crippen molar-refractivity contribution < 1.29 is 9.53 Å². The first-order chi connectivity index (χ1) is 9.13. The van der Waals surface area contributed by atoms with Crippen LogP contribution in [0.25, 0.3) is 0 Å². The highest BCUT2D eigenvalue weighted by molar-refractivity contribution is 5.88. The minimum atomic E-state index is -0.496. The first-order valence-electron chi connectivity index (χ1n) is 6.14. The Balaban J connectivity index is 2.31. The molecule has 0 atom stereocenters. The van der Waals surface area contributed by atoms with Gasteiger partial charge in [0, 0.05) is 5.56 Å². The van der Waals surface area contributed by atoms with Gasteiger partial charge in [0.1, 0.15) is 5.69 Å². The van der Waals surface area contributed by atoms with Gasteiger partial charge in [0.15, 0.2) is 0 Å². The standard InChI is InChI=1S/C14H16N2O3/c1-3-19-14(18)12-10(2)13(17)16(15-12)9-11-7-5-4-6-8-11/h4-8,15H,3,9H2,1-2H3. The summed E-state index contributed by atoms with van der Waals surface area (Å²) in [7, 11) is 0. The quantitative estimate of drug-likeness (QED) is 0.851. The number of H-pyrrole nitrogens is 1. The Bertz CT molecular complexity index is 626. The van der Waals surface area contributed by atoms with Gasteiger partial charge in [-0.05, 0) is 19.4 Å². The van der Waals surface area contributed by atoms with E-state index in [1.807, 2.05) is 30.3 Å². The van der Waals surface area contributed by atoms with E-state index in [0.717, 1.165) is 5.56 Å². The first kappa shape index (κ1) is 13.1. The fourth-order valence-corrected chi connectivity index (χ4v) is 1.86. The van der Waals surface area contributed by atoms with Gasteiger partial charge < -0.3 is 4.74 Å². The van der Waals surface area contributed by atoms with Gasteiger partial charge in [-0.2, -0.15) is 0 Å². The number of hydrogen-bond acceptors (Lipinski definition) is 3. The molecule has 5 heteroatoms. The van der Waals surface area contributed by atoms with Crippen LogP contribution in [0.4, 0.5) is 0 Å². The molecule has 0 fully saturated rings. The molecule has 0 aliphatic heterocycles. The lowest BCUT2D eigenvalue weighted by atomic mass is 10.2. The van der Waals surface area contributed by atoms with Crippen LogP contribution in [-0.2, 0) is 11.3 Å². The number of carbonyl (C=O) groups is 1. The zero-order valence-corrected chi connectivity index (χ0v) is 11.0. The van der Waals surface area contributed by atoms with Crippen LogP contribution in [0.2, 0.25) is 0 Å². The van der Waals surface area contributed by atoms with E-state index < -0.39 is 5.97 Å². The molecule has 0 bridgehead atoms. The van der Waals surface area contributed by atoms with Crippen molar-refractivity contribution in [3.63, 3.8) is 0 Å². The van der Waals surface area contributed by atoms with Crippen LogP contribution in [0.15, 0.2) is 35.1 Å². The van der Waals surface area contributed by atoms with Crippen LogP contribution in [-0.4, -0.2) is 22.4 Å². The average molecular weight is 260 g/mol. The van der Waals surface area contributed by atoms with Crippen molar-refractivity contribution in [2.75, 3.05) is 6.61 Å². The number of nitrogens with zero attached hydrogens (tertiary/aromatic N) is 1. The lowest BCUT2D eigenvalue weighted by Gasteiger charge is -2.02. The predicted octanol–water partition coefficient (Wildman–Crippen LogP) is 1.71. The maximum Gasteiger partial charge on any atom is 0.356 e. The molecule has 1 N–H and O–H groups in total. The normalized spacial score (nSPS) is 10.4. The summed E-state index contributed by atoms with van der Waals surface area (Å²) in [6.07, 6.45) is 0. The van der Waals surface area contributed by atoms with Crippen molar-refractivity contribution in [3.05, 3.63) is 57.5 Å². The van der Waals surface area contributed by atoms with Crippen LogP contribution >= 0.6 is 0 Å². The number of esters is 1. The minimum Gasteiger partial charge on any atom is -0.461 e. The summed E-state index contributed by atoms with van der Waals surface area (Å²) in [5.41, 5.74) is 1.39. The van der Waals surface area contributed by atoms with Crippen LogP contribution in [0.5, 0.6) is 0 Å². The highest BCUT2D eigenvalue weighted by Gasteiger charge is 2.17. The number of hydrogen-bond donors (Lipinski definition) is 1. The van der Waals surface area contributed by atoms with E-state index in [-0.39, 0.29) is 17.9 Å². The lowest BCUT2D eigenvalue weighted by Crippen LogP contribution is -2.18. The zero-order chi connectivity index (χ0) is 13.8. The van der Waals surface area contributed by atoms with Crippen LogP contribution in [0.1, 0.15) is 28.5 Å². The van der Waals surface area contributed by atoms with Gasteiger partial charge in [-0.1, -0.05) is 30.3 Å². The molecule has 1 aromatic heterocycles. The third-order valence-corrected chi connectivity index (χ3v) is 2.85. The Hall–Kier alpha value is -2.30. The van der Waals surface area contributed by atoms with Crippen molar-refractivity contribution in [1.82, 2.24) is 9.78 Å². The molecule has 19 heavy (non-hydrogen) atoms. The van der Waals surface area contributed by atoms with Gasteiger partial charge in [0.2, 0.25) is 0 Å². The molecule has 1 aromatic carbocycles. The fourth-order valence-electron chi connectivity index (χ4n) is 1.86. The Kier molecular flexibility index (Phi) is 3.85. The smallest absolute Gasteiger partial charge is 0.356 e. The van der Waals surface area contributed by atoms with Gasteiger partial charge in [0.05, 0.1) is 13.2 Å². The Morgan fingerprint density at radius 1 is 1.32 bits per heavy atom. The second-order valence-electron chi connectivity index (χ2n) is 4.21. The van der Waals surface area contributed by atoms with E-state index >= 15 is 0 Å². The molecule has 0 radical (unpaired) electrons. The fraction of sp³-hybridized carbons (Fsp3) is 0.286. The van der Waals surface area contributed by atoms with Gasteiger partial charge in [-0.15, -0.1) is 0 Å². The van der Waals surface area contributed by atoms with Crippen molar-refractivity contribution in [2.24, 2.45) is 0 Å². The number of ether oxygens (including phenoxy) is 1. The summed E-state index contributed by atoms with van der Waals surface area (Å²) in [6, 6.07) is 9.57. The van der Waals surface area contributed by atoms with Crippen LogP contribution < -0.4 is 5.56 Å². The number of aromatic nitrogens is 2. The molecule has 0 saturated heterocycles. The Morgan fingerprint density at radius 3 is 2.63 bits per heavy atom. The molecule has 0 spiro atoms. The molecular weight excluding hydrogens is 244 g/mol. The number of benzene rings is 1. The van der Waals surface area contributed by atoms with Crippen LogP contribution in [0.3, 0.4) is 0 Å². The van der Waals surface area contributed by atoms with E-state index in [1.165, 1.54) is 4.68 Å². The highest BCUT2D eigenvalue weighted by atomic mass is 16.5. The van der Waals surface area contributed by atoms with E-state index in [2.05, 4.69) is 5.10 Å². The molecule has 100 valence electrons. The summed E-state index contributed by atoms with van der Waals surface area (Å²) in [4.78, 5) is 23.7. The summed E-state index contributed by atoms with van der Waals surface area (Å²) < 4.78 is 6.32. The van der Waals surface area contributed by atoms with Crippen molar-refractivity contribution in [2.45, 2.75) is 20.4 Å². The molecule has 0 amide bonds. The molecule has 2 rings (SSSR count). The zero-order valence-electron chi connectivity index (χ0n) is 11.0. The molecule has 5 nitrogen and oxygen atoms in total. The predicted molar refractivity (Wildman–Crippen MR) is 71.3 cm³/mol. The topological polar surface area (TPSA) is 64.1 Å². The van der Waals surface area contributed by atoms with Gasteiger partial charge >= 0.3 is 5.97 Å². The molecular formula is C14H16N2O3. The lowest BCUT2D eigenvalue weighted by molar-refractivity contribution is 0.0517. The number of rotatable bonds is 4. The van der Waals surface area contributed by atoms with Gasteiger partial charge in [0.25, 0.3) is 5.56 Å². The van der Waals surface area contributed by atoms with Gasteiger partial charge in [-0.3, -0.25) is 9.89 Å². The Labute approximate surface area is 110 Å². The molecule has 0 aliphatic rings. The van der Waals surface area contributed by atoms with Crippen molar-refractivity contribution >= 4 is 5.97 Å². The second kappa shape index (κ2) is 5.56. The highest BCUT2D eigenvalue weighted by Crippen LogP contribution is 2.05. The summed E-state index contributed by atoms with van der Waals surface area (Å²) in [6.45, 7) is 4.03. The molecule has 1 heterocycles.